The fourth-order valence-electron chi connectivity index (χ4n) is 1.99. The lowest BCUT2D eigenvalue weighted by molar-refractivity contribution is -0.116. The molecule has 0 fully saturated rings. The zero-order valence-electron chi connectivity index (χ0n) is 13.1. The van der Waals surface area contributed by atoms with E-state index in [2.05, 4.69) is 31.7 Å². The predicted molar refractivity (Wildman–Crippen MR) is 94.5 cm³/mol. The number of carbonyl (C=O) groups is 1. The summed E-state index contributed by atoms with van der Waals surface area (Å²) in [6, 6.07) is 7.58. The first-order valence-electron chi connectivity index (χ1n) is 7.35. The van der Waals surface area contributed by atoms with Gasteiger partial charge in [0.15, 0.2) is 0 Å². The molecule has 0 unspecified atom stereocenters. The van der Waals surface area contributed by atoms with Crippen LogP contribution in [0.1, 0.15) is 25.3 Å². The second kappa shape index (κ2) is 7.92. The highest BCUT2D eigenvalue weighted by atomic mass is 79.9. The van der Waals surface area contributed by atoms with Crippen molar-refractivity contribution in [2.45, 2.75) is 26.3 Å². The standard InChI is InChI=1S/C16H19BrN4O2/c1-3-4-14(22)20-12-7-5-11(6-8-12)9-18-13-10-19-21(2)16(23)15(13)17/h5-8,10,18H,3-4,9H2,1-2H3,(H,20,22). The Morgan fingerprint density at radius 3 is 2.65 bits per heavy atom. The lowest BCUT2D eigenvalue weighted by atomic mass is 10.2. The number of aromatic nitrogens is 2. The van der Waals surface area contributed by atoms with Gasteiger partial charge in [0, 0.05) is 25.7 Å². The molecule has 6 nitrogen and oxygen atoms in total. The largest absolute Gasteiger partial charge is 0.379 e. The van der Waals surface area contributed by atoms with Crippen LogP contribution in [0.15, 0.2) is 39.7 Å². The van der Waals surface area contributed by atoms with Crippen LogP contribution in [0.4, 0.5) is 11.4 Å². The molecule has 1 aromatic heterocycles. The molecule has 0 aliphatic rings. The highest BCUT2D eigenvalue weighted by Gasteiger charge is 2.06. The van der Waals surface area contributed by atoms with Crippen LogP contribution in [0.5, 0.6) is 0 Å². The molecule has 23 heavy (non-hydrogen) atoms. The third-order valence-electron chi connectivity index (χ3n) is 3.28. The molecule has 2 rings (SSSR count). The summed E-state index contributed by atoms with van der Waals surface area (Å²) in [5.74, 6) is 0.0218. The van der Waals surface area contributed by atoms with Crippen molar-refractivity contribution in [2.24, 2.45) is 7.05 Å². The van der Waals surface area contributed by atoms with E-state index in [9.17, 15) is 9.59 Å². The maximum Gasteiger partial charge on any atom is 0.282 e. The number of halogens is 1. The molecule has 0 aliphatic heterocycles. The molecule has 2 N–H and O–H groups in total. The first-order chi connectivity index (χ1) is 11.0. The van der Waals surface area contributed by atoms with Crippen molar-refractivity contribution in [3.05, 3.63) is 50.9 Å². The molecule has 0 atom stereocenters. The number of nitrogens with one attached hydrogen (secondary N) is 2. The molecule has 0 bridgehead atoms. The van der Waals surface area contributed by atoms with Crippen molar-refractivity contribution >= 4 is 33.2 Å². The van der Waals surface area contributed by atoms with Gasteiger partial charge in [-0.2, -0.15) is 5.10 Å². The van der Waals surface area contributed by atoms with Crippen LogP contribution >= 0.6 is 15.9 Å². The first kappa shape index (κ1) is 17.2. The molecule has 0 spiro atoms. The van der Waals surface area contributed by atoms with Gasteiger partial charge in [0.05, 0.1) is 11.9 Å². The van der Waals surface area contributed by atoms with E-state index in [1.54, 1.807) is 13.2 Å². The van der Waals surface area contributed by atoms with E-state index in [1.807, 2.05) is 31.2 Å². The number of anilines is 2. The fraction of sp³-hybridized carbons (Fsp3) is 0.312. The van der Waals surface area contributed by atoms with E-state index in [4.69, 9.17) is 0 Å². The summed E-state index contributed by atoms with van der Waals surface area (Å²) in [6.07, 6.45) is 2.95. The van der Waals surface area contributed by atoms with Gasteiger partial charge in [0.2, 0.25) is 5.91 Å². The third-order valence-corrected chi connectivity index (χ3v) is 4.04. The Bertz CT molecular complexity index is 741. The van der Waals surface area contributed by atoms with E-state index < -0.39 is 0 Å². The van der Waals surface area contributed by atoms with E-state index in [-0.39, 0.29) is 11.5 Å². The normalized spacial score (nSPS) is 10.4. The zero-order valence-corrected chi connectivity index (χ0v) is 14.7. The van der Waals surface area contributed by atoms with Gasteiger partial charge in [0.25, 0.3) is 5.56 Å². The predicted octanol–water partition coefficient (Wildman–Crippen LogP) is 2.89. The van der Waals surface area contributed by atoms with Crippen molar-refractivity contribution in [1.29, 1.82) is 0 Å². The van der Waals surface area contributed by atoms with Crippen LogP contribution in [-0.4, -0.2) is 15.7 Å². The molecule has 7 heteroatoms. The number of hydrogen-bond donors (Lipinski definition) is 2. The maximum atomic E-state index is 11.8. The summed E-state index contributed by atoms with van der Waals surface area (Å²) in [7, 11) is 1.60. The highest BCUT2D eigenvalue weighted by Crippen LogP contribution is 2.17. The van der Waals surface area contributed by atoms with Gasteiger partial charge >= 0.3 is 0 Å². The Balaban J connectivity index is 1.98. The highest BCUT2D eigenvalue weighted by molar-refractivity contribution is 9.10. The number of hydrogen-bond acceptors (Lipinski definition) is 4. The van der Waals surface area contributed by atoms with Crippen LogP contribution in [0.25, 0.3) is 0 Å². The number of nitrogens with zero attached hydrogens (tertiary/aromatic N) is 2. The molecule has 0 saturated carbocycles. The number of aryl methyl sites for hydroxylation is 1. The minimum absolute atomic E-state index is 0.0218. The summed E-state index contributed by atoms with van der Waals surface area (Å²) in [5, 5.41) is 9.99. The average molecular weight is 379 g/mol. The van der Waals surface area contributed by atoms with Crippen LogP contribution in [0, 0.1) is 0 Å². The van der Waals surface area contributed by atoms with Crippen LogP contribution in [-0.2, 0) is 18.4 Å². The summed E-state index contributed by atoms with van der Waals surface area (Å²) in [4.78, 5) is 23.3. The summed E-state index contributed by atoms with van der Waals surface area (Å²) in [5.41, 5.74) is 2.27. The average Bonchev–Trinajstić information content (AvgIpc) is 2.54. The Kier molecular flexibility index (Phi) is 5.92. The molecule has 1 amide bonds. The van der Waals surface area contributed by atoms with Crippen LogP contribution in [0.3, 0.4) is 0 Å². The van der Waals surface area contributed by atoms with Gasteiger partial charge in [-0.25, -0.2) is 4.68 Å². The van der Waals surface area contributed by atoms with Crippen molar-refractivity contribution in [2.75, 3.05) is 10.6 Å². The first-order valence-corrected chi connectivity index (χ1v) is 8.15. The second-order valence-electron chi connectivity index (χ2n) is 5.15. The number of amides is 1. The van der Waals surface area contributed by atoms with E-state index in [0.717, 1.165) is 17.7 Å². The van der Waals surface area contributed by atoms with Crippen molar-refractivity contribution in [3.8, 4) is 0 Å². The van der Waals surface area contributed by atoms with Gasteiger partial charge in [-0.3, -0.25) is 9.59 Å². The molecular formula is C16H19BrN4O2. The van der Waals surface area contributed by atoms with Crippen LogP contribution < -0.4 is 16.2 Å². The van der Waals surface area contributed by atoms with Gasteiger partial charge in [-0.1, -0.05) is 19.1 Å². The molecule has 0 aliphatic carbocycles. The van der Waals surface area contributed by atoms with E-state index in [1.165, 1.54) is 4.68 Å². The fourth-order valence-corrected chi connectivity index (χ4v) is 2.49. The molecule has 0 saturated heterocycles. The maximum absolute atomic E-state index is 11.8. The Hall–Kier alpha value is -2.15. The summed E-state index contributed by atoms with van der Waals surface area (Å²) < 4.78 is 1.72. The zero-order chi connectivity index (χ0) is 16.8. The lowest BCUT2D eigenvalue weighted by Crippen LogP contribution is -2.21. The van der Waals surface area contributed by atoms with Crippen molar-refractivity contribution < 1.29 is 4.79 Å². The Morgan fingerprint density at radius 1 is 1.30 bits per heavy atom. The van der Waals surface area contributed by atoms with Crippen LogP contribution in [0.2, 0.25) is 0 Å². The minimum atomic E-state index is -0.191. The Labute approximate surface area is 143 Å². The summed E-state index contributed by atoms with van der Waals surface area (Å²) >= 11 is 3.27. The summed E-state index contributed by atoms with van der Waals surface area (Å²) in [6.45, 7) is 2.52. The number of benzene rings is 1. The Morgan fingerprint density at radius 2 is 2.00 bits per heavy atom. The van der Waals surface area contributed by atoms with Gasteiger partial charge < -0.3 is 10.6 Å². The van der Waals surface area contributed by atoms with Gasteiger partial charge in [-0.15, -0.1) is 0 Å². The molecule has 0 radical (unpaired) electrons. The monoisotopic (exact) mass is 378 g/mol. The number of rotatable bonds is 6. The topological polar surface area (TPSA) is 76.0 Å². The van der Waals surface area contributed by atoms with E-state index >= 15 is 0 Å². The minimum Gasteiger partial charge on any atom is -0.379 e. The second-order valence-corrected chi connectivity index (χ2v) is 5.94. The molecular weight excluding hydrogens is 360 g/mol. The van der Waals surface area contributed by atoms with Crippen molar-refractivity contribution in [3.63, 3.8) is 0 Å². The lowest BCUT2D eigenvalue weighted by Gasteiger charge is -2.10. The molecule has 122 valence electrons. The molecule has 1 heterocycles. The van der Waals surface area contributed by atoms with Gasteiger partial charge in [0.1, 0.15) is 4.47 Å². The molecule has 2 aromatic rings. The SMILES string of the molecule is CCCC(=O)Nc1ccc(CNc2cnn(C)c(=O)c2Br)cc1. The van der Waals surface area contributed by atoms with Gasteiger partial charge in [-0.05, 0) is 40.0 Å². The van der Waals surface area contributed by atoms with Crippen molar-refractivity contribution in [1.82, 2.24) is 9.78 Å². The van der Waals surface area contributed by atoms with E-state index in [0.29, 0.717) is 23.1 Å². The quantitative estimate of drug-likeness (QED) is 0.809. The molecule has 1 aromatic carbocycles. The third kappa shape index (κ3) is 4.66. The number of carbonyl (C=O) groups excluding carboxylic acids is 1. The smallest absolute Gasteiger partial charge is 0.282 e.